The molecule has 0 fully saturated rings. The molecule has 0 saturated carbocycles. The summed E-state index contributed by atoms with van der Waals surface area (Å²) >= 11 is 4.23. The fourth-order valence-electron chi connectivity index (χ4n) is 5.99. The van der Waals surface area contributed by atoms with Gasteiger partial charge in [0.1, 0.15) is 28.4 Å². The number of hydrogen-bond donors (Lipinski definition) is 4. The summed E-state index contributed by atoms with van der Waals surface area (Å²) in [5, 5.41) is 18.6. The van der Waals surface area contributed by atoms with E-state index in [1.165, 1.54) is 34.9 Å². The molecule has 0 radical (unpaired) electrons. The highest BCUT2D eigenvalue weighted by atomic mass is 32.2. The standard InChI is InChI=1S/C43H46N4O6S3/c1-42(2,3)53-41(52)46-34(28-55-43(30-19-11-6-12-20-30,31-21-13-7-14-22-31)32-23-15-8-16-24-32)38(48)44-27-35-47-36(37(56-35)29-17-9-5-10-18-29)39(49)45-33(40(50)51)25-26-54-4/h5-24,33-34H,25-28H2,1-4H3,(H,44,48)(H,45,49)(H,46,52)(H,50,51)/t33-,34?/m0/s1. The fourth-order valence-corrected chi connectivity index (χ4v) is 9.03. The van der Waals surface area contributed by atoms with E-state index in [9.17, 15) is 24.3 Å². The van der Waals surface area contributed by atoms with Gasteiger partial charge in [-0.15, -0.1) is 23.1 Å². The third-order valence-corrected chi connectivity index (χ3v) is 12.0. The van der Waals surface area contributed by atoms with Gasteiger partial charge in [-0.3, -0.25) is 9.59 Å². The number of carbonyl (C=O) groups excluding carboxylic acids is 3. The maximum Gasteiger partial charge on any atom is 0.408 e. The molecule has 5 aromatic rings. The minimum Gasteiger partial charge on any atom is -0.480 e. The largest absolute Gasteiger partial charge is 0.480 e. The predicted octanol–water partition coefficient (Wildman–Crippen LogP) is 7.98. The molecule has 56 heavy (non-hydrogen) atoms. The summed E-state index contributed by atoms with van der Waals surface area (Å²) in [7, 11) is 0. The van der Waals surface area contributed by atoms with Gasteiger partial charge in [0, 0.05) is 5.75 Å². The number of nitrogens with zero attached hydrogens (tertiary/aromatic N) is 1. The van der Waals surface area contributed by atoms with Crippen molar-refractivity contribution in [3.05, 3.63) is 149 Å². The molecular formula is C43H46N4O6S3. The van der Waals surface area contributed by atoms with Crippen molar-refractivity contribution >= 4 is 58.7 Å². The molecule has 1 unspecified atom stereocenters. The lowest BCUT2D eigenvalue weighted by Gasteiger charge is -2.36. The Bertz CT molecular complexity index is 1960. The van der Waals surface area contributed by atoms with Crippen LogP contribution in [0.15, 0.2) is 121 Å². The van der Waals surface area contributed by atoms with E-state index in [0.29, 0.717) is 15.6 Å². The number of thioether (sulfide) groups is 2. The second-order valence-electron chi connectivity index (χ2n) is 13.8. The molecule has 4 aromatic carbocycles. The summed E-state index contributed by atoms with van der Waals surface area (Å²) in [5.74, 6) is -1.52. The quantitative estimate of drug-likeness (QED) is 0.0687. The second kappa shape index (κ2) is 19.7. The monoisotopic (exact) mass is 810 g/mol. The Morgan fingerprint density at radius 1 is 0.768 bits per heavy atom. The fraction of sp³-hybridized carbons (Fsp3) is 0.279. The molecule has 0 aliphatic carbocycles. The van der Waals surface area contributed by atoms with Crippen molar-refractivity contribution in [1.29, 1.82) is 0 Å². The minimum atomic E-state index is -1.13. The Morgan fingerprint density at radius 3 is 1.77 bits per heavy atom. The van der Waals surface area contributed by atoms with Crippen LogP contribution in [0.2, 0.25) is 0 Å². The van der Waals surface area contributed by atoms with Crippen molar-refractivity contribution in [3.63, 3.8) is 0 Å². The Morgan fingerprint density at radius 2 is 1.29 bits per heavy atom. The molecule has 0 aliphatic heterocycles. The molecule has 10 nitrogen and oxygen atoms in total. The van der Waals surface area contributed by atoms with Gasteiger partial charge in [0.05, 0.1) is 16.2 Å². The average Bonchev–Trinajstić information content (AvgIpc) is 3.63. The summed E-state index contributed by atoms with van der Waals surface area (Å²) in [6.07, 6.45) is 1.38. The first-order valence-corrected chi connectivity index (χ1v) is 21.3. The second-order valence-corrected chi connectivity index (χ2v) is 17.1. The van der Waals surface area contributed by atoms with E-state index in [4.69, 9.17) is 4.74 Å². The number of benzene rings is 4. The summed E-state index contributed by atoms with van der Waals surface area (Å²) in [4.78, 5) is 58.1. The van der Waals surface area contributed by atoms with Gasteiger partial charge in [-0.2, -0.15) is 11.8 Å². The lowest BCUT2D eigenvalue weighted by molar-refractivity contribution is -0.139. The lowest BCUT2D eigenvalue weighted by Crippen LogP contribution is -2.50. The predicted molar refractivity (Wildman–Crippen MR) is 226 cm³/mol. The van der Waals surface area contributed by atoms with Crippen molar-refractivity contribution in [2.45, 2.75) is 56.2 Å². The van der Waals surface area contributed by atoms with Gasteiger partial charge in [-0.1, -0.05) is 121 Å². The number of carboxylic acids is 1. The molecule has 0 aliphatic rings. The molecule has 13 heteroatoms. The zero-order valence-corrected chi connectivity index (χ0v) is 34.1. The van der Waals surface area contributed by atoms with Crippen LogP contribution >= 0.6 is 34.9 Å². The number of aliphatic carboxylic acids is 1. The highest BCUT2D eigenvalue weighted by Gasteiger charge is 2.39. The number of ether oxygens (including phenoxy) is 1. The Balaban J connectivity index is 1.46. The molecule has 1 heterocycles. The van der Waals surface area contributed by atoms with E-state index in [1.807, 2.05) is 91.2 Å². The molecule has 5 rings (SSSR count). The van der Waals surface area contributed by atoms with Gasteiger partial charge in [0.25, 0.3) is 5.91 Å². The van der Waals surface area contributed by atoms with Crippen LogP contribution < -0.4 is 16.0 Å². The van der Waals surface area contributed by atoms with Crippen molar-refractivity contribution < 1.29 is 29.0 Å². The zero-order chi connectivity index (χ0) is 40.1. The van der Waals surface area contributed by atoms with Gasteiger partial charge in [-0.05, 0) is 61.5 Å². The Hall–Kier alpha value is -5.11. The number of alkyl carbamates (subject to hydrolysis) is 1. The number of carboxylic acid groups (broad SMARTS) is 1. The molecule has 2 atom stereocenters. The molecule has 0 spiro atoms. The van der Waals surface area contributed by atoms with Gasteiger partial charge < -0.3 is 25.8 Å². The average molecular weight is 811 g/mol. The van der Waals surface area contributed by atoms with E-state index >= 15 is 0 Å². The Labute approximate surface area is 340 Å². The van der Waals surface area contributed by atoms with Crippen molar-refractivity contribution in [2.75, 3.05) is 17.8 Å². The minimum absolute atomic E-state index is 0.0518. The van der Waals surface area contributed by atoms with Crippen molar-refractivity contribution in [3.8, 4) is 10.4 Å². The first-order chi connectivity index (χ1) is 26.9. The molecule has 1 aromatic heterocycles. The highest BCUT2D eigenvalue weighted by molar-refractivity contribution is 8.00. The third-order valence-electron chi connectivity index (χ3n) is 8.57. The zero-order valence-electron chi connectivity index (χ0n) is 31.7. The lowest BCUT2D eigenvalue weighted by atomic mass is 9.84. The van der Waals surface area contributed by atoms with Crippen molar-refractivity contribution in [2.24, 2.45) is 0 Å². The molecule has 0 saturated heterocycles. The van der Waals surface area contributed by atoms with Crippen LogP contribution in [-0.4, -0.2) is 69.4 Å². The van der Waals surface area contributed by atoms with Crippen LogP contribution in [0.25, 0.3) is 10.4 Å². The van der Waals surface area contributed by atoms with Crippen LogP contribution in [0.1, 0.15) is 59.4 Å². The number of aromatic nitrogens is 1. The molecule has 0 bridgehead atoms. The van der Waals surface area contributed by atoms with Crippen LogP contribution in [-0.2, 0) is 25.6 Å². The summed E-state index contributed by atoms with van der Waals surface area (Å²) in [5.41, 5.74) is 2.99. The molecule has 4 N–H and O–H groups in total. The topological polar surface area (TPSA) is 147 Å². The number of nitrogens with one attached hydrogen (secondary N) is 3. The number of rotatable bonds is 17. The van der Waals surface area contributed by atoms with E-state index in [-0.39, 0.29) is 24.4 Å². The number of carbonyl (C=O) groups is 4. The molecule has 292 valence electrons. The summed E-state index contributed by atoms with van der Waals surface area (Å²) < 4.78 is 4.84. The van der Waals surface area contributed by atoms with E-state index in [1.54, 1.807) is 20.8 Å². The summed E-state index contributed by atoms with van der Waals surface area (Å²) in [6.45, 7) is 5.21. The first-order valence-electron chi connectivity index (χ1n) is 18.1. The van der Waals surface area contributed by atoms with E-state index < -0.39 is 46.3 Å². The molecule has 3 amide bonds. The van der Waals surface area contributed by atoms with Gasteiger partial charge in [0.15, 0.2) is 0 Å². The SMILES string of the molecule is CSCC[C@H](NC(=O)c1nc(CNC(=O)C(CSC(c2ccccc2)(c2ccccc2)c2ccccc2)NC(=O)OC(C)(C)C)sc1-c1ccccc1)C(=O)O. The maximum absolute atomic E-state index is 14.2. The van der Waals surface area contributed by atoms with Gasteiger partial charge in [-0.25, -0.2) is 14.6 Å². The number of hydrogen-bond acceptors (Lipinski definition) is 9. The number of amides is 3. The van der Waals surface area contributed by atoms with Gasteiger partial charge in [0.2, 0.25) is 5.91 Å². The van der Waals surface area contributed by atoms with E-state index in [2.05, 4.69) is 57.3 Å². The summed E-state index contributed by atoms with van der Waals surface area (Å²) in [6, 6.07) is 37.2. The van der Waals surface area contributed by atoms with Crippen LogP contribution in [0, 0.1) is 0 Å². The van der Waals surface area contributed by atoms with Crippen molar-refractivity contribution in [1.82, 2.24) is 20.9 Å². The van der Waals surface area contributed by atoms with E-state index in [0.717, 1.165) is 22.3 Å². The third kappa shape index (κ3) is 11.0. The van der Waals surface area contributed by atoms with Crippen LogP contribution in [0.3, 0.4) is 0 Å². The van der Waals surface area contributed by atoms with Crippen LogP contribution in [0.5, 0.6) is 0 Å². The number of thiazole rings is 1. The normalized spacial score (nSPS) is 12.6. The van der Waals surface area contributed by atoms with Gasteiger partial charge >= 0.3 is 12.1 Å². The maximum atomic E-state index is 14.2. The highest BCUT2D eigenvalue weighted by Crippen LogP contribution is 2.48. The first kappa shape index (κ1) is 42.0. The van der Waals surface area contributed by atoms with Crippen LogP contribution in [0.4, 0.5) is 4.79 Å². The Kier molecular flexibility index (Phi) is 14.8. The molecular weight excluding hydrogens is 765 g/mol. The smallest absolute Gasteiger partial charge is 0.408 e.